The Bertz CT molecular complexity index is 462. The summed E-state index contributed by atoms with van der Waals surface area (Å²) in [6.07, 6.45) is 5.66. The lowest BCUT2D eigenvalue weighted by molar-refractivity contribution is 0.654. The number of aryl methyl sites for hydroxylation is 2. The first-order valence-electron chi connectivity index (χ1n) is 5.34. The molecule has 0 aliphatic rings. The minimum atomic E-state index is 0.794. The summed E-state index contributed by atoms with van der Waals surface area (Å²) in [5, 5.41) is 7.67. The molecule has 0 aromatic carbocycles. The average molecular weight is 216 g/mol. The SMILES string of the molecule is Cc1cnccc1CNCc1ccn(C)n1. The fraction of sp³-hybridized carbons (Fsp3) is 0.333. The summed E-state index contributed by atoms with van der Waals surface area (Å²) in [4.78, 5) is 4.07. The second-order valence-corrected chi connectivity index (χ2v) is 3.89. The first-order valence-corrected chi connectivity index (χ1v) is 5.34. The maximum atomic E-state index is 4.31. The van der Waals surface area contributed by atoms with E-state index in [9.17, 15) is 0 Å². The number of hydrogen-bond acceptors (Lipinski definition) is 3. The number of pyridine rings is 1. The van der Waals surface area contributed by atoms with Crippen LogP contribution in [0.5, 0.6) is 0 Å². The lowest BCUT2D eigenvalue weighted by Crippen LogP contribution is -2.14. The molecule has 0 saturated carbocycles. The van der Waals surface area contributed by atoms with Crippen LogP contribution in [0.2, 0.25) is 0 Å². The molecule has 0 atom stereocenters. The summed E-state index contributed by atoms with van der Waals surface area (Å²) in [6.45, 7) is 3.72. The first kappa shape index (κ1) is 10.8. The van der Waals surface area contributed by atoms with Gasteiger partial charge in [0, 0.05) is 38.7 Å². The maximum absolute atomic E-state index is 4.31. The van der Waals surface area contributed by atoms with Crippen molar-refractivity contribution in [1.29, 1.82) is 0 Å². The number of nitrogens with one attached hydrogen (secondary N) is 1. The van der Waals surface area contributed by atoms with Gasteiger partial charge < -0.3 is 5.32 Å². The highest BCUT2D eigenvalue weighted by molar-refractivity contribution is 5.21. The Morgan fingerprint density at radius 2 is 2.19 bits per heavy atom. The number of aromatic nitrogens is 3. The van der Waals surface area contributed by atoms with Crippen LogP contribution in [0.25, 0.3) is 0 Å². The van der Waals surface area contributed by atoms with Gasteiger partial charge in [0.2, 0.25) is 0 Å². The Morgan fingerprint density at radius 1 is 1.31 bits per heavy atom. The Hall–Kier alpha value is -1.68. The largest absolute Gasteiger partial charge is 0.307 e. The van der Waals surface area contributed by atoms with Crippen molar-refractivity contribution in [2.75, 3.05) is 0 Å². The van der Waals surface area contributed by atoms with E-state index in [-0.39, 0.29) is 0 Å². The van der Waals surface area contributed by atoms with Crippen molar-refractivity contribution in [2.24, 2.45) is 7.05 Å². The molecule has 2 rings (SSSR count). The fourth-order valence-corrected chi connectivity index (χ4v) is 1.58. The molecule has 0 bridgehead atoms. The molecule has 16 heavy (non-hydrogen) atoms. The maximum Gasteiger partial charge on any atom is 0.0762 e. The van der Waals surface area contributed by atoms with E-state index in [2.05, 4.69) is 22.3 Å². The van der Waals surface area contributed by atoms with Crippen molar-refractivity contribution in [3.05, 3.63) is 47.5 Å². The summed E-state index contributed by atoms with van der Waals surface area (Å²) >= 11 is 0. The molecule has 2 heterocycles. The van der Waals surface area contributed by atoms with Crippen LogP contribution in [0, 0.1) is 6.92 Å². The summed E-state index contributed by atoms with van der Waals surface area (Å²) in [7, 11) is 1.93. The van der Waals surface area contributed by atoms with E-state index in [0.29, 0.717) is 0 Å². The van der Waals surface area contributed by atoms with Gasteiger partial charge in [0.05, 0.1) is 5.69 Å². The Balaban J connectivity index is 1.87. The van der Waals surface area contributed by atoms with Gasteiger partial charge in [-0.3, -0.25) is 9.67 Å². The molecule has 0 unspecified atom stereocenters. The quantitative estimate of drug-likeness (QED) is 0.840. The van der Waals surface area contributed by atoms with Crippen LogP contribution >= 0.6 is 0 Å². The average Bonchev–Trinajstić information content (AvgIpc) is 2.67. The molecular formula is C12H16N4. The Kier molecular flexibility index (Phi) is 3.31. The van der Waals surface area contributed by atoms with Gasteiger partial charge in [0.15, 0.2) is 0 Å². The molecule has 2 aromatic rings. The lowest BCUT2D eigenvalue weighted by atomic mass is 10.1. The molecule has 0 aliphatic carbocycles. The van der Waals surface area contributed by atoms with Gasteiger partial charge in [-0.05, 0) is 30.2 Å². The molecule has 0 radical (unpaired) electrons. The van der Waals surface area contributed by atoms with E-state index < -0.39 is 0 Å². The summed E-state index contributed by atoms with van der Waals surface area (Å²) < 4.78 is 1.81. The molecule has 2 aromatic heterocycles. The number of rotatable bonds is 4. The van der Waals surface area contributed by atoms with Crippen LogP contribution in [0.15, 0.2) is 30.7 Å². The Morgan fingerprint density at radius 3 is 2.88 bits per heavy atom. The number of hydrogen-bond donors (Lipinski definition) is 1. The van der Waals surface area contributed by atoms with E-state index in [4.69, 9.17) is 0 Å². The fourth-order valence-electron chi connectivity index (χ4n) is 1.58. The highest BCUT2D eigenvalue weighted by Crippen LogP contribution is 2.04. The van der Waals surface area contributed by atoms with E-state index in [1.54, 1.807) is 0 Å². The van der Waals surface area contributed by atoms with E-state index in [0.717, 1.165) is 18.8 Å². The molecule has 0 amide bonds. The van der Waals surface area contributed by atoms with Gasteiger partial charge in [-0.25, -0.2) is 0 Å². The predicted octanol–water partition coefficient (Wildman–Crippen LogP) is 1.41. The highest BCUT2D eigenvalue weighted by Gasteiger charge is 1.99. The van der Waals surface area contributed by atoms with Crippen LogP contribution in [-0.2, 0) is 20.1 Å². The normalized spacial score (nSPS) is 10.6. The second-order valence-electron chi connectivity index (χ2n) is 3.89. The zero-order valence-corrected chi connectivity index (χ0v) is 9.64. The summed E-state index contributed by atoms with van der Waals surface area (Å²) in [5.74, 6) is 0. The van der Waals surface area contributed by atoms with Crippen molar-refractivity contribution in [1.82, 2.24) is 20.1 Å². The molecule has 0 saturated heterocycles. The zero-order valence-electron chi connectivity index (χ0n) is 9.64. The molecule has 84 valence electrons. The molecule has 4 nitrogen and oxygen atoms in total. The molecule has 0 fully saturated rings. The lowest BCUT2D eigenvalue weighted by Gasteiger charge is -2.05. The van der Waals surface area contributed by atoms with Gasteiger partial charge in [0.1, 0.15) is 0 Å². The topological polar surface area (TPSA) is 42.7 Å². The van der Waals surface area contributed by atoms with Gasteiger partial charge in [-0.2, -0.15) is 5.10 Å². The second kappa shape index (κ2) is 4.90. The third-order valence-electron chi connectivity index (χ3n) is 2.53. The van der Waals surface area contributed by atoms with Gasteiger partial charge in [-0.1, -0.05) is 0 Å². The molecule has 1 N–H and O–H groups in total. The third kappa shape index (κ3) is 2.67. The van der Waals surface area contributed by atoms with Gasteiger partial charge in [-0.15, -0.1) is 0 Å². The van der Waals surface area contributed by atoms with Crippen LogP contribution in [0.1, 0.15) is 16.8 Å². The smallest absolute Gasteiger partial charge is 0.0762 e. The van der Waals surface area contributed by atoms with Crippen molar-refractivity contribution >= 4 is 0 Å². The van der Waals surface area contributed by atoms with Gasteiger partial charge in [0.25, 0.3) is 0 Å². The monoisotopic (exact) mass is 216 g/mol. The molecule has 0 aliphatic heterocycles. The minimum Gasteiger partial charge on any atom is -0.307 e. The van der Waals surface area contributed by atoms with Crippen molar-refractivity contribution < 1.29 is 0 Å². The van der Waals surface area contributed by atoms with Crippen molar-refractivity contribution in [2.45, 2.75) is 20.0 Å². The van der Waals surface area contributed by atoms with Crippen LogP contribution in [-0.4, -0.2) is 14.8 Å². The van der Waals surface area contributed by atoms with Crippen LogP contribution in [0.3, 0.4) is 0 Å². The molecular weight excluding hydrogens is 200 g/mol. The summed E-state index contributed by atoms with van der Waals surface area (Å²) in [5.41, 5.74) is 3.57. The zero-order chi connectivity index (χ0) is 11.4. The van der Waals surface area contributed by atoms with E-state index >= 15 is 0 Å². The third-order valence-corrected chi connectivity index (χ3v) is 2.53. The molecule has 4 heteroatoms. The predicted molar refractivity (Wildman–Crippen MR) is 62.7 cm³/mol. The Labute approximate surface area is 95.3 Å². The van der Waals surface area contributed by atoms with Crippen molar-refractivity contribution in [3.63, 3.8) is 0 Å². The van der Waals surface area contributed by atoms with Crippen molar-refractivity contribution in [3.8, 4) is 0 Å². The standard InChI is InChI=1S/C12H16N4/c1-10-7-13-5-3-11(10)8-14-9-12-4-6-16(2)15-12/h3-7,14H,8-9H2,1-2H3. The highest BCUT2D eigenvalue weighted by atomic mass is 15.3. The van der Waals surface area contributed by atoms with Crippen LogP contribution < -0.4 is 5.32 Å². The summed E-state index contributed by atoms with van der Waals surface area (Å²) in [6, 6.07) is 4.06. The van der Waals surface area contributed by atoms with Crippen LogP contribution in [0.4, 0.5) is 0 Å². The van der Waals surface area contributed by atoms with Gasteiger partial charge >= 0.3 is 0 Å². The first-order chi connectivity index (χ1) is 7.75. The van der Waals surface area contributed by atoms with E-state index in [1.165, 1.54) is 11.1 Å². The minimum absolute atomic E-state index is 0.794. The van der Waals surface area contributed by atoms with E-state index in [1.807, 2.05) is 42.5 Å². The number of nitrogens with zero attached hydrogens (tertiary/aromatic N) is 3. The molecule has 0 spiro atoms.